The number of methoxy groups -OCH3 is 1. The van der Waals surface area contributed by atoms with Gasteiger partial charge < -0.3 is 14.3 Å². The van der Waals surface area contributed by atoms with Gasteiger partial charge in [0.05, 0.1) is 7.11 Å². The first-order chi connectivity index (χ1) is 6.70. The summed E-state index contributed by atoms with van der Waals surface area (Å²) >= 11 is 0. The number of rotatable bonds is 1. The number of phenolic OH excluding ortho intramolecular Hbond substituents is 1. The van der Waals surface area contributed by atoms with Crippen molar-refractivity contribution in [2.24, 2.45) is 0 Å². The molecule has 4 nitrogen and oxygen atoms in total. The average molecular weight is 192 g/mol. The molecule has 0 atom stereocenters. The lowest BCUT2D eigenvalue weighted by molar-refractivity contribution is 0.0567. The third-order valence-corrected chi connectivity index (χ3v) is 1.89. The largest absolute Gasteiger partial charge is 0.508 e. The van der Waals surface area contributed by atoms with Crippen molar-refractivity contribution in [1.82, 2.24) is 0 Å². The molecule has 1 N–H and O–H groups in total. The summed E-state index contributed by atoms with van der Waals surface area (Å²) in [6, 6.07) is 6.21. The van der Waals surface area contributed by atoms with Gasteiger partial charge in [0.2, 0.25) is 5.76 Å². The van der Waals surface area contributed by atoms with E-state index >= 15 is 0 Å². The summed E-state index contributed by atoms with van der Waals surface area (Å²) in [4.78, 5) is 11.1. The molecule has 0 bridgehead atoms. The predicted octanol–water partition coefficient (Wildman–Crippen LogP) is 1.93. The van der Waals surface area contributed by atoms with E-state index in [0.29, 0.717) is 5.58 Å². The molecule has 72 valence electrons. The highest BCUT2D eigenvalue weighted by Gasteiger charge is 2.12. The van der Waals surface area contributed by atoms with Gasteiger partial charge in [0.1, 0.15) is 11.3 Å². The van der Waals surface area contributed by atoms with E-state index in [0.717, 1.165) is 5.39 Å². The first-order valence-electron chi connectivity index (χ1n) is 4.01. The number of esters is 1. The van der Waals surface area contributed by atoms with Crippen LogP contribution in [0.5, 0.6) is 5.75 Å². The highest BCUT2D eigenvalue weighted by Crippen LogP contribution is 2.23. The van der Waals surface area contributed by atoms with Crippen LogP contribution in [0.2, 0.25) is 0 Å². The number of carbonyl (C=O) groups is 1. The van der Waals surface area contributed by atoms with Gasteiger partial charge in [-0.25, -0.2) is 4.79 Å². The Labute approximate surface area is 79.7 Å². The van der Waals surface area contributed by atoms with Gasteiger partial charge in [0.15, 0.2) is 0 Å². The minimum absolute atomic E-state index is 0.100. The maximum absolute atomic E-state index is 11.1. The van der Waals surface area contributed by atoms with Crippen molar-refractivity contribution < 1.29 is 19.1 Å². The zero-order valence-corrected chi connectivity index (χ0v) is 7.48. The Bertz CT molecular complexity index is 484. The van der Waals surface area contributed by atoms with Crippen LogP contribution >= 0.6 is 0 Å². The second-order valence-corrected chi connectivity index (χ2v) is 2.82. The molecule has 0 saturated heterocycles. The molecule has 0 saturated carbocycles. The summed E-state index contributed by atoms with van der Waals surface area (Å²) in [6.45, 7) is 0. The van der Waals surface area contributed by atoms with Gasteiger partial charge in [-0.05, 0) is 18.2 Å². The van der Waals surface area contributed by atoms with E-state index in [-0.39, 0.29) is 11.5 Å². The van der Waals surface area contributed by atoms with Gasteiger partial charge >= 0.3 is 5.97 Å². The monoisotopic (exact) mass is 192 g/mol. The van der Waals surface area contributed by atoms with Crippen molar-refractivity contribution >= 4 is 16.9 Å². The van der Waals surface area contributed by atoms with Gasteiger partial charge in [-0.3, -0.25) is 0 Å². The molecule has 2 aromatic rings. The minimum Gasteiger partial charge on any atom is -0.508 e. The number of fused-ring (bicyclic) bond motifs is 1. The quantitative estimate of drug-likeness (QED) is 0.701. The van der Waals surface area contributed by atoms with Gasteiger partial charge in [-0.15, -0.1) is 0 Å². The molecule has 0 aliphatic heterocycles. The molecular weight excluding hydrogens is 184 g/mol. The normalized spacial score (nSPS) is 10.4. The van der Waals surface area contributed by atoms with Crippen LogP contribution in [0.25, 0.3) is 11.0 Å². The topological polar surface area (TPSA) is 59.7 Å². The SMILES string of the molecule is COC(=O)c1cc2ccc(O)cc2o1. The number of phenols is 1. The van der Waals surface area contributed by atoms with Gasteiger partial charge in [0.25, 0.3) is 0 Å². The Hall–Kier alpha value is -1.97. The Morgan fingerprint density at radius 2 is 2.21 bits per heavy atom. The Kier molecular flexibility index (Phi) is 1.89. The van der Waals surface area contributed by atoms with E-state index in [4.69, 9.17) is 9.52 Å². The van der Waals surface area contributed by atoms with Crippen LogP contribution in [0.4, 0.5) is 0 Å². The van der Waals surface area contributed by atoms with E-state index in [1.165, 1.54) is 19.2 Å². The Balaban J connectivity index is 2.56. The molecule has 0 amide bonds. The van der Waals surface area contributed by atoms with Crippen molar-refractivity contribution in [3.63, 3.8) is 0 Å². The summed E-state index contributed by atoms with van der Waals surface area (Å²) in [5.74, 6) is -0.294. The van der Waals surface area contributed by atoms with Crippen LogP contribution in [-0.2, 0) is 4.74 Å². The summed E-state index contributed by atoms with van der Waals surface area (Å²) in [7, 11) is 1.28. The fraction of sp³-hybridized carbons (Fsp3) is 0.100. The Morgan fingerprint density at radius 1 is 1.43 bits per heavy atom. The van der Waals surface area contributed by atoms with E-state index in [2.05, 4.69) is 4.74 Å². The molecule has 1 heterocycles. The number of benzene rings is 1. The molecule has 1 aromatic carbocycles. The molecule has 0 fully saturated rings. The molecule has 0 spiro atoms. The van der Waals surface area contributed by atoms with Crippen LogP contribution in [0.15, 0.2) is 28.7 Å². The van der Waals surface area contributed by atoms with Crippen LogP contribution in [0.3, 0.4) is 0 Å². The first-order valence-corrected chi connectivity index (χ1v) is 4.01. The molecular formula is C10H8O4. The standard InChI is InChI=1S/C10H8O4/c1-13-10(12)9-4-6-2-3-7(11)5-8(6)14-9/h2-5,11H,1H3. The second-order valence-electron chi connectivity index (χ2n) is 2.82. The maximum Gasteiger partial charge on any atom is 0.373 e. The van der Waals surface area contributed by atoms with Crippen molar-refractivity contribution in [3.05, 3.63) is 30.0 Å². The third kappa shape index (κ3) is 1.31. The lowest BCUT2D eigenvalue weighted by Crippen LogP contribution is -1.97. The smallest absolute Gasteiger partial charge is 0.373 e. The molecule has 14 heavy (non-hydrogen) atoms. The van der Waals surface area contributed by atoms with Crippen molar-refractivity contribution in [2.45, 2.75) is 0 Å². The fourth-order valence-corrected chi connectivity index (χ4v) is 1.22. The molecule has 1 aromatic heterocycles. The number of ether oxygens (including phenoxy) is 1. The fourth-order valence-electron chi connectivity index (χ4n) is 1.22. The average Bonchev–Trinajstić information content (AvgIpc) is 2.59. The van der Waals surface area contributed by atoms with E-state index in [1.54, 1.807) is 12.1 Å². The summed E-state index contributed by atoms with van der Waals surface area (Å²) < 4.78 is 9.67. The number of carbonyl (C=O) groups excluding carboxylic acids is 1. The highest BCUT2D eigenvalue weighted by atomic mass is 16.5. The number of hydrogen-bond donors (Lipinski definition) is 1. The third-order valence-electron chi connectivity index (χ3n) is 1.89. The molecule has 0 aliphatic carbocycles. The highest BCUT2D eigenvalue weighted by molar-refractivity contribution is 5.92. The molecule has 0 aliphatic rings. The predicted molar refractivity (Wildman–Crippen MR) is 49.2 cm³/mol. The minimum atomic E-state index is -0.527. The summed E-state index contributed by atoms with van der Waals surface area (Å²) in [5.41, 5.74) is 0.463. The van der Waals surface area contributed by atoms with Crippen LogP contribution in [-0.4, -0.2) is 18.2 Å². The van der Waals surface area contributed by atoms with E-state index < -0.39 is 5.97 Å². The maximum atomic E-state index is 11.1. The Morgan fingerprint density at radius 3 is 2.93 bits per heavy atom. The van der Waals surface area contributed by atoms with Gasteiger partial charge in [0, 0.05) is 11.5 Å². The second kappa shape index (κ2) is 3.06. The molecule has 2 rings (SSSR count). The lowest BCUT2D eigenvalue weighted by Gasteiger charge is -1.91. The summed E-state index contributed by atoms with van der Waals surface area (Å²) in [6.07, 6.45) is 0. The zero-order chi connectivity index (χ0) is 10.1. The van der Waals surface area contributed by atoms with Crippen LogP contribution < -0.4 is 0 Å². The first kappa shape index (κ1) is 8.62. The molecule has 0 unspecified atom stereocenters. The van der Waals surface area contributed by atoms with Crippen LogP contribution in [0, 0.1) is 0 Å². The number of furan rings is 1. The van der Waals surface area contributed by atoms with Crippen molar-refractivity contribution in [3.8, 4) is 5.75 Å². The van der Waals surface area contributed by atoms with Crippen molar-refractivity contribution in [1.29, 1.82) is 0 Å². The molecule has 4 heteroatoms. The lowest BCUT2D eigenvalue weighted by atomic mass is 10.2. The zero-order valence-electron chi connectivity index (χ0n) is 7.48. The van der Waals surface area contributed by atoms with E-state index in [1.807, 2.05) is 0 Å². The summed E-state index contributed by atoms with van der Waals surface area (Å²) in [5, 5.41) is 9.91. The van der Waals surface area contributed by atoms with Gasteiger partial charge in [-0.1, -0.05) is 0 Å². The van der Waals surface area contributed by atoms with Crippen molar-refractivity contribution in [2.75, 3.05) is 7.11 Å². The molecule has 0 radical (unpaired) electrons. The van der Waals surface area contributed by atoms with E-state index in [9.17, 15) is 4.79 Å². The number of aromatic hydroxyl groups is 1. The number of hydrogen-bond acceptors (Lipinski definition) is 4. The van der Waals surface area contributed by atoms with Gasteiger partial charge in [-0.2, -0.15) is 0 Å². The van der Waals surface area contributed by atoms with Crippen LogP contribution in [0.1, 0.15) is 10.6 Å².